The van der Waals surface area contributed by atoms with Crippen LogP contribution in [-0.4, -0.2) is 299 Å². The van der Waals surface area contributed by atoms with Crippen LogP contribution < -0.4 is 60.3 Å². The van der Waals surface area contributed by atoms with Gasteiger partial charge in [-0.2, -0.15) is 0 Å². The number of alkyl carbamates (subject to hydrolysis) is 3. The van der Waals surface area contributed by atoms with Crippen LogP contribution in [0.1, 0.15) is 195 Å². The van der Waals surface area contributed by atoms with Crippen LogP contribution in [0.4, 0.5) is 14.4 Å². The maximum Gasteiger partial charge on any atom is 0.408 e. The summed E-state index contributed by atoms with van der Waals surface area (Å²) in [4.78, 5) is 181. The number of hydrogen-bond donors (Lipinski definition) is 6. The number of hydrogen-bond acceptors (Lipinski definition) is 35. The van der Waals surface area contributed by atoms with E-state index in [9.17, 15) is 62.3 Å². The quantitative estimate of drug-likeness (QED) is 0.0156. The number of fused-ring (bicyclic) bond motifs is 5. The van der Waals surface area contributed by atoms with E-state index in [0.717, 1.165) is 0 Å². The highest BCUT2D eigenvalue weighted by atomic mass is 16.6. The second kappa shape index (κ2) is 54.1. The molecule has 826 valence electrons. The molecule has 4 aliphatic rings. The molecule has 6 N–H and O–H groups in total. The fraction of sp³-hybridized carbons (Fsp3) is 0.641. The summed E-state index contributed by atoms with van der Waals surface area (Å²) in [5.74, 6) is -4.10. The lowest BCUT2D eigenvalue weighted by Gasteiger charge is -2.64. The molecule has 4 fully saturated rings. The summed E-state index contributed by atoms with van der Waals surface area (Å²) < 4.78 is 96.4. The molecular weight excluding hydrogens is 1950 g/mol. The first kappa shape index (κ1) is 118. The van der Waals surface area contributed by atoms with E-state index in [1.54, 1.807) is 156 Å². The first-order valence-electron chi connectivity index (χ1n) is 50.3. The summed E-state index contributed by atoms with van der Waals surface area (Å²) in [6, 6.07) is 13.5. The SMILES string of the molecule is COC(=O)CC[C@@H](C)[C@H]1CC[C@H]2[C@@H]3[C@H](OC(=O)COCc4cn(C[C@H](C)NC(=O)CN(Cc5ccc(OC)cc5OC)C(=O)CNC(=O)OC(C)(C)C)nn4)C[C@@H]4C[C@H](OC(=O)COCc5cn(C[C@H](C)NC(=O)CN(Cc6ccc(OC)cc6OC)C(=O)CNC(=O)OC(C)(C)C)nn5)CC[C@]4(C)[C@H]3C[C@H](OC(=O)COCc3cn(C[C@H](C)NC(=O)CN(Cc4ccc(OC)cc4OC)C(=O)CNC(=O)OC(C)(C)C)nn3)[C@]12C. The predicted octanol–water partition coefficient (Wildman–Crippen LogP) is 7.84. The summed E-state index contributed by atoms with van der Waals surface area (Å²) in [5.41, 5.74) is -1.02. The van der Waals surface area contributed by atoms with E-state index in [2.05, 4.69) is 83.6 Å². The Morgan fingerprint density at radius 3 is 1.16 bits per heavy atom. The van der Waals surface area contributed by atoms with Crippen molar-refractivity contribution in [2.45, 2.75) is 274 Å². The number of carbonyl (C=O) groups is 13. The molecule has 3 aromatic carbocycles. The van der Waals surface area contributed by atoms with Crippen molar-refractivity contribution in [2.75, 3.05) is 109 Å². The van der Waals surface area contributed by atoms with Crippen molar-refractivity contribution in [1.82, 2.24) is 91.6 Å². The van der Waals surface area contributed by atoms with Crippen LogP contribution in [0.25, 0.3) is 0 Å². The highest BCUT2D eigenvalue weighted by Crippen LogP contribution is 2.70. The monoisotopic (exact) mass is 2100 g/mol. The molecule has 47 heteroatoms. The minimum absolute atomic E-state index is 0.0640. The highest BCUT2D eigenvalue weighted by molar-refractivity contribution is 5.90. The van der Waals surface area contributed by atoms with Gasteiger partial charge in [0.1, 0.15) is 126 Å². The van der Waals surface area contributed by atoms with Crippen LogP contribution >= 0.6 is 0 Å². The molecule has 6 aromatic rings. The summed E-state index contributed by atoms with van der Waals surface area (Å²) in [7, 11) is 10.3. The molecule has 0 bridgehead atoms. The Labute approximate surface area is 873 Å². The third-order valence-electron chi connectivity index (χ3n) is 27.1. The molecule has 0 aliphatic heterocycles. The fourth-order valence-corrected chi connectivity index (χ4v) is 20.4. The van der Waals surface area contributed by atoms with E-state index in [0.29, 0.717) is 120 Å². The van der Waals surface area contributed by atoms with Crippen LogP contribution in [-0.2, 0) is 154 Å². The Hall–Kier alpha value is -13.7. The van der Waals surface area contributed by atoms with Crippen LogP contribution in [0.3, 0.4) is 0 Å². The maximum atomic E-state index is 14.8. The van der Waals surface area contributed by atoms with Crippen LogP contribution in [0.2, 0.25) is 0 Å². The first-order chi connectivity index (χ1) is 71.0. The topological polar surface area (TPSA) is 544 Å². The molecule has 4 saturated carbocycles. The Kier molecular flexibility index (Phi) is 42.6. The number of amides is 9. The highest BCUT2D eigenvalue weighted by Gasteiger charge is 2.68. The molecule has 47 nitrogen and oxygen atoms in total. The largest absolute Gasteiger partial charge is 0.497 e. The van der Waals surface area contributed by atoms with Gasteiger partial charge in [0.05, 0.1) is 127 Å². The van der Waals surface area contributed by atoms with Gasteiger partial charge in [-0.3, -0.25) is 47.6 Å². The van der Waals surface area contributed by atoms with Gasteiger partial charge in [0, 0.05) is 90.4 Å². The van der Waals surface area contributed by atoms with Crippen molar-refractivity contribution >= 4 is 77.6 Å². The van der Waals surface area contributed by atoms with E-state index >= 15 is 0 Å². The van der Waals surface area contributed by atoms with Gasteiger partial charge in [0.25, 0.3) is 0 Å². The van der Waals surface area contributed by atoms with Crippen molar-refractivity contribution in [3.63, 3.8) is 0 Å². The minimum Gasteiger partial charge on any atom is -0.497 e. The Morgan fingerprint density at radius 1 is 0.440 bits per heavy atom. The van der Waals surface area contributed by atoms with Gasteiger partial charge in [-0.05, 0) is 206 Å². The zero-order valence-corrected chi connectivity index (χ0v) is 90.2. The third-order valence-corrected chi connectivity index (χ3v) is 27.1. The van der Waals surface area contributed by atoms with E-state index < -0.39 is 195 Å². The average molecular weight is 2100 g/mol. The predicted molar refractivity (Wildman–Crippen MR) is 535 cm³/mol. The lowest BCUT2D eigenvalue weighted by atomic mass is 9.43. The molecule has 150 heavy (non-hydrogen) atoms. The lowest BCUT2D eigenvalue weighted by Crippen LogP contribution is -2.63. The third kappa shape index (κ3) is 35.2. The first-order valence-corrected chi connectivity index (χ1v) is 50.3. The summed E-state index contributed by atoms with van der Waals surface area (Å²) in [5, 5.41) is 41.8. The molecule has 3 aromatic heterocycles. The summed E-state index contributed by atoms with van der Waals surface area (Å²) in [6.07, 6.45) is 4.36. The average Bonchev–Trinajstić information content (AvgIpc) is 1.49. The normalized spacial score (nSPS) is 20.0. The second-order valence-electron chi connectivity index (χ2n) is 42.0. The molecule has 0 spiro atoms. The van der Waals surface area contributed by atoms with Gasteiger partial charge in [-0.15, -0.1) is 15.3 Å². The Morgan fingerprint density at radius 2 is 0.807 bits per heavy atom. The van der Waals surface area contributed by atoms with Gasteiger partial charge in [-0.25, -0.2) is 28.8 Å². The number of benzene rings is 3. The number of nitrogens with zero attached hydrogens (tertiary/aromatic N) is 12. The van der Waals surface area contributed by atoms with Crippen molar-refractivity contribution in [3.05, 3.63) is 107 Å². The minimum atomic E-state index is -0.836. The van der Waals surface area contributed by atoms with Gasteiger partial charge in [-0.1, -0.05) is 36.4 Å². The van der Waals surface area contributed by atoms with Gasteiger partial charge >= 0.3 is 42.2 Å². The number of ether oxygens (including phenoxy) is 16. The molecule has 14 atom stereocenters. The van der Waals surface area contributed by atoms with Crippen LogP contribution in [0.5, 0.6) is 34.5 Å². The number of carbonyl (C=O) groups excluding carboxylic acids is 13. The molecule has 0 unspecified atom stereocenters. The van der Waals surface area contributed by atoms with Gasteiger partial charge < -0.3 is 122 Å². The molecular formula is C103H150N18O29. The lowest BCUT2D eigenvalue weighted by molar-refractivity contribution is -0.228. The molecule has 9 amide bonds. The number of rotatable bonds is 52. The number of esters is 4. The van der Waals surface area contributed by atoms with Crippen molar-refractivity contribution in [3.8, 4) is 34.5 Å². The van der Waals surface area contributed by atoms with E-state index in [1.165, 1.54) is 78.5 Å². The zero-order chi connectivity index (χ0) is 110. The zero-order valence-electron chi connectivity index (χ0n) is 90.2. The Bertz CT molecular complexity index is 5600. The molecule has 0 radical (unpaired) electrons. The van der Waals surface area contributed by atoms with Crippen molar-refractivity contribution < 1.29 is 138 Å². The van der Waals surface area contributed by atoms with Crippen molar-refractivity contribution in [1.29, 1.82) is 0 Å². The molecule has 4 aliphatic carbocycles. The van der Waals surface area contributed by atoms with Gasteiger partial charge in [0.15, 0.2) is 0 Å². The van der Waals surface area contributed by atoms with Crippen molar-refractivity contribution in [2.24, 2.45) is 46.3 Å². The molecule has 0 saturated heterocycles. The summed E-state index contributed by atoms with van der Waals surface area (Å²) >= 11 is 0. The van der Waals surface area contributed by atoms with Crippen LogP contribution in [0, 0.1) is 46.3 Å². The smallest absolute Gasteiger partial charge is 0.408 e. The summed E-state index contributed by atoms with van der Waals surface area (Å²) in [6.45, 7) is 22.5. The standard InChI is InChI=1S/C103H150N18O29/c1-62(23-32-91(128)141-22)77-30-31-78-95-79(40-84(103(77,78)15)147-94(131)61-144-58-72-52-121(115-112-72)46-65(4)109-87(124)55-118(90(127)43-106-98(134)150-101(11,12)13)49-68-26-29-75(137-18)39-82(68)140-21)102(14)34-33-76(145-92(129)59-142-56-70-50-119(113-110-70)44-63(2)107-85(122)53-116(88(125)41-104-96(132)148-99(5,6)7)47-66-24-27-73(135-16)37-80(66)138-19)35-69(102)36-83(95)146-93(130)60-143-57-71-51-120(114-111-71)45-64(3)108-86(123)54-117(89(126)42-105-97(133)149-100(8,9)10)48-67-25-28-74(136-17)38-81(67)139-20/h24-29,37-39,50-52,62-65,69,76-79,83-84,95H,23,30-36,40-49,53-61H2,1-22H3,(H,104,132)(H,105,133)(H,106,134)(H,107,122)(H,108,123)(H,109,124)/t62-,63+,64+,65+,69+,76-,77-,78+,79+,83-,84+,95+,102+,103-/m1/s1. The van der Waals surface area contributed by atoms with E-state index in [1.807, 2.05) is 0 Å². The number of aromatic nitrogens is 9. The maximum absolute atomic E-state index is 14.8. The molecule has 3 heterocycles. The van der Waals surface area contributed by atoms with E-state index in [-0.39, 0.29) is 107 Å². The second-order valence-corrected chi connectivity index (χ2v) is 42.0. The van der Waals surface area contributed by atoms with Crippen LogP contribution in [0.15, 0.2) is 73.2 Å². The van der Waals surface area contributed by atoms with Gasteiger partial charge in [0.2, 0.25) is 35.4 Å². The Balaban J connectivity index is 0.805. The number of nitrogens with one attached hydrogen (secondary N) is 6. The fourth-order valence-electron chi connectivity index (χ4n) is 20.4. The van der Waals surface area contributed by atoms with E-state index in [4.69, 9.17) is 75.8 Å². The number of methoxy groups -OCH3 is 7. The molecule has 10 rings (SSSR count).